The summed E-state index contributed by atoms with van der Waals surface area (Å²) >= 11 is 0. The van der Waals surface area contributed by atoms with Crippen LogP contribution < -0.4 is 11.1 Å². The van der Waals surface area contributed by atoms with Gasteiger partial charge in [-0.3, -0.25) is 9.59 Å². The molecule has 2 amide bonds. The standard InChI is InChI=1S/C5H7N3O3/c1-3(5(6)10)8-4(9)2-7-11/h2,11H,1H2,(H2,6,10)(H,8,9)/b7-2+. The van der Waals surface area contributed by atoms with E-state index in [1.54, 1.807) is 0 Å². The highest BCUT2D eigenvalue weighted by atomic mass is 16.4. The fourth-order valence-electron chi connectivity index (χ4n) is 0.295. The van der Waals surface area contributed by atoms with Gasteiger partial charge in [0.15, 0.2) is 0 Å². The van der Waals surface area contributed by atoms with Gasteiger partial charge in [0.05, 0.1) is 5.70 Å². The second-order valence-corrected chi connectivity index (χ2v) is 1.58. The number of nitrogens with one attached hydrogen (secondary N) is 1. The number of amides is 2. The molecular formula is C5H7N3O3. The lowest BCUT2D eigenvalue weighted by molar-refractivity contribution is -0.118. The van der Waals surface area contributed by atoms with Gasteiger partial charge < -0.3 is 16.3 Å². The Morgan fingerprint density at radius 2 is 2.18 bits per heavy atom. The van der Waals surface area contributed by atoms with Gasteiger partial charge in [0, 0.05) is 0 Å². The molecule has 0 fully saturated rings. The molecule has 0 aromatic carbocycles. The van der Waals surface area contributed by atoms with E-state index in [-0.39, 0.29) is 5.70 Å². The van der Waals surface area contributed by atoms with Crippen LogP contribution in [0.1, 0.15) is 0 Å². The van der Waals surface area contributed by atoms with Gasteiger partial charge in [-0.1, -0.05) is 11.7 Å². The monoisotopic (exact) mass is 157 g/mol. The first-order chi connectivity index (χ1) is 5.07. The third-order valence-electron chi connectivity index (χ3n) is 0.747. The smallest absolute Gasteiger partial charge is 0.270 e. The number of nitrogens with two attached hydrogens (primary N) is 1. The minimum absolute atomic E-state index is 0.255. The molecule has 0 bridgehead atoms. The lowest BCUT2D eigenvalue weighted by atomic mass is 10.4. The van der Waals surface area contributed by atoms with E-state index in [0.717, 1.165) is 0 Å². The van der Waals surface area contributed by atoms with Crippen LogP contribution in [0.25, 0.3) is 0 Å². The van der Waals surface area contributed by atoms with E-state index in [9.17, 15) is 9.59 Å². The van der Waals surface area contributed by atoms with Crippen molar-refractivity contribution in [3.8, 4) is 0 Å². The second-order valence-electron chi connectivity index (χ2n) is 1.58. The predicted octanol–water partition coefficient (Wildman–Crippen LogP) is -1.44. The van der Waals surface area contributed by atoms with Crippen LogP contribution in [0.3, 0.4) is 0 Å². The number of hydrogen-bond donors (Lipinski definition) is 3. The number of oxime groups is 1. The Labute approximate surface area is 62.4 Å². The number of carbonyl (C=O) groups excluding carboxylic acids is 2. The summed E-state index contributed by atoms with van der Waals surface area (Å²) < 4.78 is 0. The average Bonchev–Trinajstić information content (AvgIpc) is 1.87. The molecule has 0 saturated heterocycles. The maximum Gasteiger partial charge on any atom is 0.270 e. The first-order valence-corrected chi connectivity index (χ1v) is 2.55. The molecule has 0 spiro atoms. The molecule has 0 atom stereocenters. The van der Waals surface area contributed by atoms with Crippen LogP contribution in [0.5, 0.6) is 0 Å². The average molecular weight is 157 g/mol. The van der Waals surface area contributed by atoms with E-state index >= 15 is 0 Å². The fraction of sp³-hybridized carbons (Fsp3) is 0. The highest BCUT2D eigenvalue weighted by Crippen LogP contribution is 1.78. The van der Waals surface area contributed by atoms with Crippen LogP contribution in [-0.4, -0.2) is 23.2 Å². The lowest BCUT2D eigenvalue weighted by Gasteiger charge is -1.98. The van der Waals surface area contributed by atoms with Crippen LogP contribution in [0.15, 0.2) is 17.4 Å². The molecule has 60 valence electrons. The quantitative estimate of drug-likeness (QED) is 0.202. The van der Waals surface area contributed by atoms with E-state index in [1.165, 1.54) is 0 Å². The Balaban J connectivity index is 3.96. The molecule has 0 aliphatic rings. The van der Waals surface area contributed by atoms with Gasteiger partial charge in [0.2, 0.25) is 0 Å². The maximum absolute atomic E-state index is 10.5. The van der Waals surface area contributed by atoms with E-state index in [2.05, 4.69) is 11.7 Å². The first kappa shape index (κ1) is 9.15. The molecule has 0 radical (unpaired) electrons. The minimum Gasteiger partial charge on any atom is -0.411 e. The maximum atomic E-state index is 10.5. The van der Waals surface area contributed by atoms with Crippen molar-refractivity contribution in [3.63, 3.8) is 0 Å². The minimum atomic E-state index is -0.843. The number of hydrogen-bond acceptors (Lipinski definition) is 4. The topological polar surface area (TPSA) is 105 Å². The number of primary amides is 1. The number of carbonyl (C=O) groups is 2. The zero-order valence-electron chi connectivity index (χ0n) is 5.57. The fourth-order valence-corrected chi connectivity index (χ4v) is 0.295. The Bertz CT molecular complexity index is 221. The van der Waals surface area contributed by atoms with Crippen LogP contribution in [-0.2, 0) is 9.59 Å². The van der Waals surface area contributed by atoms with Crippen molar-refractivity contribution in [2.75, 3.05) is 0 Å². The van der Waals surface area contributed by atoms with Gasteiger partial charge >= 0.3 is 0 Å². The zero-order valence-corrected chi connectivity index (χ0v) is 5.57. The summed E-state index contributed by atoms with van der Waals surface area (Å²) in [5.74, 6) is -1.61. The van der Waals surface area contributed by atoms with Crippen LogP contribution >= 0.6 is 0 Å². The molecular weight excluding hydrogens is 150 g/mol. The molecule has 0 rings (SSSR count). The van der Waals surface area contributed by atoms with Crippen molar-refractivity contribution in [3.05, 3.63) is 12.3 Å². The van der Waals surface area contributed by atoms with Crippen molar-refractivity contribution in [2.45, 2.75) is 0 Å². The molecule has 4 N–H and O–H groups in total. The van der Waals surface area contributed by atoms with Crippen LogP contribution in [0.2, 0.25) is 0 Å². The molecule has 0 aliphatic heterocycles. The molecule has 6 nitrogen and oxygen atoms in total. The molecule has 0 saturated carbocycles. The van der Waals surface area contributed by atoms with E-state index in [0.29, 0.717) is 6.21 Å². The van der Waals surface area contributed by atoms with Crippen molar-refractivity contribution >= 4 is 18.0 Å². The highest BCUT2D eigenvalue weighted by Gasteiger charge is 2.03. The van der Waals surface area contributed by atoms with Crippen LogP contribution in [0, 0.1) is 0 Å². The summed E-state index contributed by atoms with van der Waals surface area (Å²) in [5, 5.41) is 12.2. The van der Waals surface area contributed by atoms with Gasteiger partial charge in [0.25, 0.3) is 11.8 Å². The Kier molecular flexibility index (Phi) is 3.36. The summed E-state index contributed by atoms with van der Waals surface area (Å²) in [7, 11) is 0. The normalized spacial score (nSPS) is 9.45. The Morgan fingerprint density at radius 3 is 2.55 bits per heavy atom. The van der Waals surface area contributed by atoms with Gasteiger partial charge in [-0.15, -0.1) is 0 Å². The summed E-state index contributed by atoms with van der Waals surface area (Å²) in [4.78, 5) is 20.7. The third-order valence-corrected chi connectivity index (χ3v) is 0.747. The molecule has 0 unspecified atom stereocenters. The van der Waals surface area contributed by atoms with E-state index in [4.69, 9.17) is 10.9 Å². The van der Waals surface area contributed by atoms with Crippen molar-refractivity contribution in [1.82, 2.24) is 5.32 Å². The molecule has 0 aromatic heterocycles. The summed E-state index contributed by atoms with van der Waals surface area (Å²) in [6, 6.07) is 0. The van der Waals surface area contributed by atoms with Gasteiger partial charge in [-0.2, -0.15) is 0 Å². The summed E-state index contributed by atoms with van der Waals surface area (Å²) in [6.45, 7) is 3.13. The number of nitrogens with zero attached hydrogens (tertiary/aromatic N) is 1. The Morgan fingerprint density at radius 1 is 1.64 bits per heavy atom. The van der Waals surface area contributed by atoms with Gasteiger partial charge in [-0.25, -0.2) is 0 Å². The van der Waals surface area contributed by atoms with Gasteiger partial charge in [0.1, 0.15) is 6.21 Å². The third kappa shape index (κ3) is 3.68. The van der Waals surface area contributed by atoms with E-state index < -0.39 is 11.8 Å². The predicted molar refractivity (Wildman–Crippen MR) is 36.8 cm³/mol. The molecule has 0 aromatic rings. The second kappa shape index (κ2) is 4.04. The molecule has 0 heterocycles. The summed E-state index contributed by atoms with van der Waals surface area (Å²) in [5.41, 5.74) is 4.47. The number of rotatable bonds is 3. The summed E-state index contributed by atoms with van der Waals surface area (Å²) in [6.07, 6.45) is 0.578. The molecule has 0 aliphatic carbocycles. The molecule has 6 heteroatoms. The van der Waals surface area contributed by atoms with Crippen molar-refractivity contribution in [1.29, 1.82) is 0 Å². The first-order valence-electron chi connectivity index (χ1n) is 2.55. The van der Waals surface area contributed by atoms with E-state index in [1.807, 2.05) is 5.32 Å². The van der Waals surface area contributed by atoms with Gasteiger partial charge in [-0.05, 0) is 0 Å². The zero-order chi connectivity index (χ0) is 8.85. The highest BCUT2D eigenvalue weighted by molar-refractivity contribution is 6.27. The van der Waals surface area contributed by atoms with Crippen LogP contribution in [0.4, 0.5) is 0 Å². The Hall–Kier alpha value is -1.85. The van der Waals surface area contributed by atoms with Crippen molar-refractivity contribution < 1.29 is 14.8 Å². The molecule has 11 heavy (non-hydrogen) atoms. The van der Waals surface area contributed by atoms with Crippen molar-refractivity contribution in [2.24, 2.45) is 10.9 Å². The SMILES string of the molecule is C=C(NC(=O)/C=N/O)C(N)=O. The lowest BCUT2D eigenvalue weighted by Crippen LogP contribution is -2.30. The largest absolute Gasteiger partial charge is 0.411 e.